The number of amides is 1. The van der Waals surface area contributed by atoms with E-state index in [0.717, 1.165) is 22.6 Å². The molecule has 1 aliphatic heterocycles. The number of nitrogens with zero attached hydrogens (tertiary/aromatic N) is 3. The Morgan fingerprint density at radius 1 is 1.11 bits per heavy atom. The van der Waals surface area contributed by atoms with Crippen molar-refractivity contribution in [3.05, 3.63) is 76.9 Å². The molecule has 1 saturated heterocycles. The molecule has 1 aromatic carbocycles. The second-order valence-electron chi connectivity index (χ2n) is 10.8. The second kappa shape index (κ2) is 10.3. The zero-order chi connectivity index (χ0) is 26.3. The summed E-state index contributed by atoms with van der Waals surface area (Å²) in [7, 11) is 0. The fourth-order valence-corrected chi connectivity index (χ4v) is 6.34. The average molecular weight is 516 g/mol. The van der Waals surface area contributed by atoms with Gasteiger partial charge in [-0.05, 0) is 93.4 Å². The molecule has 2 aromatic heterocycles. The molecule has 1 saturated carbocycles. The molecule has 2 N–H and O–H groups in total. The molecule has 0 radical (unpaired) electrons. The third kappa shape index (κ3) is 4.77. The number of hydrogen-bond donors (Lipinski definition) is 2. The first-order chi connectivity index (χ1) is 17.8. The van der Waals surface area contributed by atoms with Crippen molar-refractivity contribution >= 4 is 34.6 Å². The van der Waals surface area contributed by atoms with Gasteiger partial charge < -0.3 is 20.1 Å². The number of nitrogens with one attached hydrogen (secondary N) is 2. The molecule has 2 fully saturated rings. The summed E-state index contributed by atoms with van der Waals surface area (Å²) < 4.78 is 2.55. The van der Waals surface area contributed by atoms with E-state index in [1.165, 1.54) is 42.6 Å². The minimum atomic E-state index is -0.0770. The maximum Gasteiger partial charge on any atom is 0.226 e. The van der Waals surface area contributed by atoms with Crippen LogP contribution in [0.1, 0.15) is 85.9 Å². The van der Waals surface area contributed by atoms with Gasteiger partial charge in [-0.25, -0.2) is 0 Å². The maximum absolute atomic E-state index is 12.3. The van der Waals surface area contributed by atoms with Gasteiger partial charge in [0.25, 0.3) is 0 Å². The van der Waals surface area contributed by atoms with Crippen LogP contribution in [0.2, 0.25) is 0 Å². The fourth-order valence-electron chi connectivity index (χ4n) is 5.99. The topological polar surface area (TPSA) is 62.2 Å². The first kappa shape index (κ1) is 25.5. The van der Waals surface area contributed by atoms with Gasteiger partial charge in [0, 0.05) is 40.9 Å². The van der Waals surface area contributed by atoms with Gasteiger partial charge in [0.1, 0.15) is 0 Å². The number of aromatic nitrogens is 2. The quantitative estimate of drug-likeness (QED) is 0.358. The van der Waals surface area contributed by atoms with Gasteiger partial charge in [-0.3, -0.25) is 9.78 Å². The lowest BCUT2D eigenvalue weighted by atomic mass is 9.96. The van der Waals surface area contributed by atoms with E-state index in [4.69, 9.17) is 17.2 Å². The molecule has 0 spiro atoms. The van der Waals surface area contributed by atoms with Crippen LogP contribution in [0.4, 0.5) is 11.4 Å². The number of carbonyl (C=O) groups is 1. The molecular formula is C30H37N5OS. The number of thiocarbonyl (C=S) groups is 1. The summed E-state index contributed by atoms with van der Waals surface area (Å²) in [5, 5.41) is 7.32. The number of hydrogen-bond acceptors (Lipinski definition) is 3. The molecule has 0 bridgehead atoms. The van der Waals surface area contributed by atoms with Gasteiger partial charge in [-0.2, -0.15) is 0 Å². The smallest absolute Gasteiger partial charge is 0.226 e. The Balaban J connectivity index is 1.58. The monoisotopic (exact) mass is 515 g/mol. The maximum atomic E-state index is 12.3. The standard InChI is InChI=1S/C30H37N5OS/c1-18(2)29(36)32-25-14-13-23(16-19(25)3)35-28(27(33-30(35)37)26-12-8-9-15-31-26)24-17-20(4)34(21(24)5)22-10-6-7-11-22/h8-9,12-18,22,27-28H,6-7,10-11H2,1-5H3,(H,32,36)(H,33,37)/t27-,28-/m0/s1. The Hall–Kier alpha value is -3.19. The summed E-state index contributed by atoms with van der Waals surface area (Å²) in [6.07, 6.45) is 6.93. The number of benzene rings is 1. The predicted octanol–water partition coefficient (Wildman–Crippen LogP) is 6.70. The van der Waals surface area contributed by atoms with E-state index in [9.17, 15) is 4.79 Å². The van der Waals surface area contributed by atoms with E-state index >= 15 is 0 Å². The van der Waals surface area contributed by atoms with Crippen LogP contribution in [0.3, 0.4) is 0 Å². The third-order valence-corrected chi connectivity index (χ3v) is 8.22. The Morgan fingerprint density at radius 2 is 1.86 bits per heavy atom. The highest BCUT2D eigenvalue weighted by atomic mass is 32.1. The molecule has 194 valence electrons. The minimum absolute atomic E-state index is 0.0154. The molecule has 2 aliphatic rings. The van der Waals surface area contributed by atoms with Gasteiger partial charge in [0.15, 0.2) is 5.11 Å². The van der Waals surface area contributed by atoms with Crippen molar-refractivity contribution in [1.82, 2.24) is 14.9 Å². The van der Waals surface area contributed by atoms with E-state index in [0.29, 0.717) is 11.2 Å². The average Bonchev–Trinajstić information content (AvgIpc) is 3.58. The summed E-state index contributed by atoms with van der Waals surface area (Å²) in [6, 6.07) is 15.0. The second-order valence-corrected chi connectivity index (χ2v) is 11.2. The first-order valence-electron chi connectivity index (χ1n) is 13.4. The number of carbonyl (C=O) groups excluding carboxylic acids is 1. The zero-order valence-corrected chi connectivity index (χ0v) is 23.2. The van der Waals surface area contributed by atoms with Crippen LogP contribution in [0.15, 0.2) is 48.7 Å². The molecule has 37 heavy (non-hydrogen) atoms. The summed E-state index contributed by atoms with van der Waals surface area (Å²) in [5.74, 6) is -0.0604. The van der Waals surface area contributed by atoms with Crippen molar-refractivity contribution in [2.75, 3.05) is 10.2 Å². The molecule has 1 aliphatic carbocycles. The highest BCUT2D eigenvalue weighted by Gasteiger charge is 2.42. The lowest BCUT2D eigenvalue weighted by molar-refractivity contribution is -0.118. The molecule has 6 nitrogen and oxygen atoms in total. The Bertz CT molecular complexity index is 1310. The van der Waals surface area contributed by atoms with Gasteiger partial charge in [-0.15, -0.1) is 0 Å². The summed E-state index contributed by atoms with van der Waals surface area (Å²) in [4.78, 5) is 19.3. The molecule has 3 aromatic rings. The normalized spacial score (nSPS) is 20.1. The lowest BCUT2D eigenvalue weighted by Crippen LogP contribution is -2.29. The SMILES string of the molecule is Cc1cc(N2C(=S)N[C@@H](c3ccccn3)[C@@H]2c2cc(C)n(C3CCCC3)c2C)ccc1NC(=O)C(C)C. The summed E-state index contributed by atoms with van der Waals surface area (Å²) >= 11 is 5.96. The lowest BCUT2D eigenvalue weighted by Gasteiger charge is -2.29. The minimum Gasteiger partial charge on any atom is -0.351 e. The van der Waals surface area contributed by atoms with Crippen LogP contribution in [-0.4, -0.2) is 20.6 Å². The largest absolute Gasteiger partial charge is 0.351 e. The van der Waals surface area contributed by atoms with Gasteiger partial charge >= 0.3 is 0 Å². The molecule has 0 unspecified atom stereocenters. The highest BCUT2D eigenvalue weighted by Crippen LogP contribution is 2.45. The number of pyridine rings is 1. The van der Waals surface area contributed by atoms with E-state index in [1.807, 2.05) is 45.2 Å². The van der Waals surface area contributed by atoms with Crippen LogP contribution in [0.5, 0.6) is 0 Å². The van der Waals surface area contributed by atoms with Crippen LogP contribution < -0.4 is 15.5 Å². The van der Waals surface area contributed by atoms with Gasteiger partial charge in [0.05, 0.1) is 17.8 Å². The van der Waals surface area contributed by atoms with E-state index in [-0.39, 0.29) is 23.9 Å². The van der Waals surface area contributed by atoms with Crippen LogP contribution >= 0.6 is 12.2 Å². The summed E-state index contributed by atoms with van der Waals surface area (Å²) in [5.41, 5.74) is 7.71. The Kier molecular flexibility index (Phi) is 7.08. The molecule has 7 heteroatoms. The highest BCUT2D eigenvalue weighted by molar-refractivity contribution is 7.80. The predicted molar refractivity (Wildman–Crippen MR) is 154 cm³/mol. The van der Waals surface area contributed by atoms with Crippen molar-refractivity contribution in [2.24, 2.45) is 5.92 Å². The van der Waals surface area contributed by atoms with E-state index < -0.39 is 0 Å². The number of aryl methyl sites for hydroxylation is 2. The molecule has 3 heterocycles. The van der Waals surface area contributed by atoms with Crippen LogP contribution in [0.25, 0.3) is 0 Å². The van der Waals surface area contributed by atoms with Crippen molar-refractivity contribution < 1.29 is 4.79 Å². The van der Waals surface area contributed by atoms with Crippen molar-refractivity contribution in [1.29, 1.82) is 0 Å². The van der Waals surface area contributed by atoms with Crippen LogP contribution in [0, 0.1) is 26.7 Å². The number of anilines is 2. The zero-order valence-electron chi connectivity index (χ0n) is 22.4. The third-order valence-electron chi connectivity index (χ3n) is 7.90. The van der Waals surface area contributed by atoms with Gasteiger partial charge in [0.2, 0.25) is 5.91 Å². The van der Waals surface area contributed by atoms with Crippen LogP contribution in [-0.2, 0) is 4.79 Å². The Labute approximate surface area is 225 Å². The molecule has 1 amide bonds. The van der Waals surface area contributed by atoms with Gasteiger partial charge in [-0.1, -0.05) is 32.8 Å². The van der Waals surface area contributed by atoms with E-state index in [2.05, 4.69) is 58.2 Å². The molecular weight excluding hydrogens is 478 g/mol. The number of rotatable bonds is 6. The Morgan fingerprint density at radius 3 is 2.51 bits per heavy atom. The molecule has 5 rings (SSSR count). The first-order valence-corrected chi connectivity index (χ1v) is 13.8. The van der Waals surface area contributed by atoms with Crippen molar-refractivity contribution in [2.45, 2.75) is 78.4 Å². The van der Waals surface area contributed by atoms with E-state index in [1.54, 1.807) is 0 Å². The summed E-state index contributed by atoms with van der Waals surface area (Å²) in [6.45, 7) is 10.3. The van der Waals surface area contributed by atoms with Crippen molar-refractivity contribution in [3.8, 4) is 0 Å². The molecule has 2 atom stereocenters. The van der Waals surface area contributed by atoms with Crippen molar-refractivity contribution in [3.63, 3.8) is 0 Å². The fraction of sp³-hybridized carbons (Fsp3) is 0.433.